The maximum absolute atomic E-state index is 12.1. The Morgan fingerprint density at radius 1 is 1.36 bits per heavy atom. The minimum atomic E-state index is -2.09. The molecule has 1 atom stereocenters. The fourth-order valence-corrected chi connectivity index (χ4v) is 3.06. The first kappa shape index (κ1) is 18.4. The summed E-state index contributed by atoms with van der Waals surface area (Å²) in [4.78, 5) is 12.1. The first-order valence-corrected chi connectivity index (χ1v) is 10.3. The second-order valence-electron chi connectivity index (χ2n) is 6.91. The molecular formula is C17H25NO3Si. The minimum Gasteiger partial charge on any atom is -0.467 e. The predicted octanol–water partition coefficient (Wildman–Crippen LogP) is 3.66. The number of rotatable bonds is 5. The summed E-state index contributed by atoms with van der Waals surface area (Å²) in [6.45, 7) is 10.6. The van der Waals surface area contributed by atoms with Gasteiger partial charge in [-0.05, 0) is 35.8 Å². The smallest absolute Gasteiger partial charge is 0.334 e. The van der Waals surface area contributed by atoms with Crippen LogP contribution in [-0.2, 0) is 20.4 Å². The van der Waals surface area contributed by atoms with E-state index in [1.807, 2.05) is 12.1 Å². The SMILES string of the molecule is COC(=O)C(Cc1cccc(C#N)c1)O[Si](C)(C)C(C)(C)C. The molecule has 22 heavy (non-hydrogen) atoms. The van der Waals surface area contributed by atoms with Gasteiger partial charge in [0.2, 0.25) is 0 Å². The van der Waals surface area contributed by atoms with Crippen molar-refractivity contribution in [3.05, 3.63) is 35.4 Å². The summed E-state index contributed by atoms with van der Waals surface area (Å²) < 4.78 is 11.1. The molecule has 0 saturated heterocycles. The molecule has 0 aliphatic carbocycles. The van der Waals surface area contributed by atoms with E-state index in [2.05, 4.69) is 39.9 Å². The van der Waals surface area contributed by atoms with Crippen LogP contribution in [0.5, 0.6) is 0 Å². The fraction of sp³-hybridized carbons (Fsp3) is 0.529. The van der Waals surface area contributed by atoms with Crippen LogP contribution < -0.4 is 0 Å². The van der Waals surface area contributed by atoms with Crippen molar-refractivity contribution in [2.24, 2.45) is 0 Å². The Labute approximate surface area is 134 Å². The Bertz CT molecular complexity index is 570. The summed E-state index contributed by atoms with van der Waals surface area (Å²) in [6, 6.07) is 9.34. The van der Waals surface area contributed by atoms with Gasteiger partial charge in [0.1, 0.15) is 6.10 Å². The molecule has 0 bridgehead atoms. The number of hydrogen-bond acceptors (Lipinski definition) is 4. The van der Waals surface area contributed by atoms with Crippen molar-refractivity contribution in [3.8, 4) is 6.07 Å². The van der Waals surface area contributed by atoms with Crippen molar-refractivity contribution in [3.63, 3.8) is 0 Å². The van der Waals surface area contributed by atoms with Gasteiger partial charge in [-0.3, -0.25) is 0 Å². The third-order valence-electron chi connectivity index (χ3n) is 4.18. The summed E-state index contributed by atoms with van der Waals surface area (Å²) in [6.07, 6.45) is -0.228. The lowest BCUT2D eigenvalue weighted by atomic mass is 10.1. The molecule has 0 spiro atoms. The molecular weight excluding hydrogens is 294 g/mol. The van der Waals surface area contributed by atoms with Gasteiger partial charge in [0.15, 0.2) is 8.32 Å². The van der Waals surface area contributed by atoms with Crippen molar-refractivity contribution < 1.29 is 14.0 Å². The highest BCUT2D eigenvalue weighted by Crippen LogP contribution is 2.37. The molecule has 0 aliphatic heterocycles. The predicted molar refractivity (Wildman–Crippen MR) is 88.9 cm³/mol. The van der Waals surface area contributed by atoms with Gasteiger partial charge in [-0.15, -0.1) is 0 Å². The molecule has 5 heteroatoms. The maximum atomic E-state index is 12.1. The molecule has 0 N–H and O–H groups in total. The summed E-state index contributed by atoms with van der Waals surface area (Å²) in [7, 11) is -0.718. The number of nitrogens with zero attached hydrogens (tertiary/aromatic N) is 1. The zero-order valence-corrected chi connectivity index (χ0v) is 15.3. The highest BCUT2D eigenvalue weighted by atomic mass is 28.4. The number of nitriles is 1. The van der Waals surface area contributed by atoms with Crippen LogP contribution in [0.3, 0.4) is 0 Å². The van der Waals surface area contributed by atoms with E-state index in [4.69, 9.17) is 14.4 Å². The van der Waals surface area contributed by atoms with Crippen molar-refractivity contribution >= 4 is 14.3 Å². The van der Waals surface area contributed by atoms with Gasteiger partial charge < -0.3 is 9.16 Å². The number of esters is 1. The molecule has 0 aromatic heterocycles. The van der Waals surface area contributed by atoms with Crippen molar-refractivity contribution in [1.82, 2.24) is 0 Å². The molecule has 0 aliphatic rings. The van der Waals surface area contributed by atoms with Crippen LogP contribution in [0.4, 0.5) is 0 Å². The lowest BCUT2D eigenvalue weighted by Gasteiger charge is -2.38. The topological polar surface area (TPSA) is 59.3 Å². The van der Waals surface area contributed by atoms with Crippen LogP contribution >= 0.6 is 0 Å². The molecule has 0 amide bonds. The lowest BCUT2D eigenvalue weighted by molar-refractivity contribution is -0.149. The molecule has 120 valence electrons. The van der Waals surface area contributed by atoms with Crippen molar-refractivity contribution in [1.29, 1.82) is 5.26 Å². The van der Waals surface area contributed by atoms with Gasteiger partial charge in [0.05, 0.1) is 18.7 Å². The molecule has 0 heterocycles. The second kappa shape index (κ2) is 7.08. The number of ether oxygens (including phenoxy) is 1. The zero-order valence-electron chi connectivity index (χ0n) is 14.3. The van der Waals surface area contributed by atoms with E-state index in [1.165, 1.54) is 7.11 Å². The van der Waals surface area contributed by atoms with Crippen LogP contribution in [-0.4, -0.2) is 27.5 Å². The molecule has 1 aromatic carbocycles. The summed E-state index contributed by atoms with van der Waals surface area (Å²) in [5, 5.41) is 8.99. The van der Waals surface area contributed by atoms with E-state index < -0.39 is 14.4 Å². The van der Waals surface area contributed by atoms with Crippen LogP contribution in [0.1, 0.15) is 31.9 Å². The minimum absolute atomic E-state index is 0.00771. The van der Waals surface area contributed by atoms with Crippen molar-refractivity contribution in [2.45, 2.75) is 51.4 Å². The molecule has 1 aromatic rings. The third-order valence-corrected chi connectivity index (χ3v) is 8.67. The lowest BCUT2D eigenvalue weighted by Crippen LogP contribution is -2.47. The van der Waals surface area contributed by atoms with Crippen LogP contribution in [0.25, 0.3) is 0 Å². The average molecular weight is 319 g/mol. The van der Waals surface area contributed by atoms with E-state index in [0.717, 1.165) is 5.56 Å². The van der Waals surface area contributed by atoms with E-state index in [0.29, 0.717) is 12.0 Å². The van der Waals surface area contributed by atoms with Crippen LogP contribution in [0.2, 0.25) is 18.1 Å². The summed E-state index contributed by atoms with van der Waals surface area (Å²) >= 11 is 0. The number of hydrogen-bond donors (Lipinski definition) is 0. The molecule has 0 radical (unpaired) electrons. The van der Waals surface area contributed by atoms with Crippen LogP contribution in [0.15, 0.2) is 24.3 Å². The Hall–Kier alpha value is -1.64. The number of carbonyl (C=O) groups is 1. The molecule has 1 rings (SSSR count). The highest BCUT2D eigenvalue weighted by molar-refractivity contribution is 6.74. The standard InChI is InChI=1S/C17H25NO3Si/c1-17(2,3)22(5,6)21-15(16(19)20-4)11-13-8-7-9-14(10-13)12-18/h7-10,15H,11H2,1-6H3. The molecule has 0 saturated carbocycles. The zero-order chi connectivity index (χ0) is 17.0. The third kappa shape index (κ3) is 4.69. The van der Waals surface area contributed by atoms with Gasteiger partial charge in [-0.1, -0.05) is 32.9 Å². The van der Waals surface area contributed by atoms with Crippen molar-refractivity contribution in [2.75, 3.05) is 7.11 Å². The summed E-state index contributed by atoms with van der Waals surface area (Å²) in [5.74, 6) is -0.368. The highest BCUT2D eigenvalue weighted by Gasteiger charge is 2.41. The first-order valence-electron chi connectivity index (χ1n) is 7.35. The monoisotopic (exact) mass is 319 g/mol. The molecule has 0 fully saturated rings. The Morgan fingerprint density at radius 3 is 2.50 bits per heavy atom. The Kier molecular flexibility index (Phi) is 5.92. The van der Waals surface area contributed by atoms with E-state index in [-0.39, 0.29) is 11.0 Å². The normalized spacial score (nSPS) is 13.3. The van der Waals surface area contributed by atoms with Gasteiger partial charge in [0.25, 0.3) is 0 Å². The number of carbonyl (C=O) groups excluding carboxylic acids is 1. The summed E-state index contributed by atoms with van der Waals surface area (Å²) in [5.41, 5.74) is 1.47. The quantitative estimate of drug-likeness (QED) is 0.614. The number of methoxy groups -OCH3 is 1. The van der Waals surface area contributed by atoms with Gasteiger partial charge in [-0.25, -0.2) is 4.79 Å². The average Bonchev–Trinajstić information content (AvgIpc) is 2.44. The van der Waals surface area contributed by atoms with Crippen LogP contribution in [0, 0.1) is 11.3 Å². The molecule has 1 unspecified atom stereocenters. The Balaban J connectivity index is 3.00. The fourth-order valence-electron chi connectivity index (χ4n) is 1.82. The first-order chi connectivity index (χ1) is 10.1. The number of benzene rings is 1. The van der Waals surface area contributed by atoms with Gasteiger partial charge >= 0.3 is 5.97 Å². The van der Waals surface area contributed by atoms with Gasteiger partial charge in [0, 0.05) is 6.42 Å². The Morgan fingerprint density at radius 2 is 2.00 bits per heavy atom. The largest absolute Gasteiger partial charge is 0.467 e. The van der Waals surface area contributed by atoms with Gasteiger partial charge in [-0.2, -0.15) is 5.26 Å². The van der Waals surface area contributed by atoms with E-state index in [1.54, 1.807) is 12.1 Å². The maximum Gasteiger partial charge on any atom is 0.334 e. The van der Waals surface area contributed by atoms with E-state index >= 15 is 0 Å². The van der Waals surface area contributed by atoms with E-state index in [9.17, 15) is 4.79 Å². The second-order valence-corrected chi connectivity index (χ2v) is 11.7. The molecule has 4 nitrogen and oxygen atoms in total.